The lowest BCUT2D eigenvalue weighted by atomic mass is 9.85. The normalized spacial score (nSPS) is 20.9. The van der Waals surface area contributed by atoms with E-state index in [1.807, 2.05) is 13.8 Å². The molecule has 20 heavy (non-hydrogen) atoms. The molecule has 1 heterocycles. The predicted octanol–water partition coefficient (Wildman–Crippen LogP) is 3.57. The SMILES string of the molecule is CCC(C)(C(O)c1ccc(C)c(F)c1F)N1CCCC1. The molecule has 0 bridgehead atoms. The van der Waals surface area contributed by atoms with Crippen molar-refractivity contribution in [2.45, 2.75) is 51.7 Å². The summed E-state index contributed by atoms with van der Waals surface area (Å²) in [7, 11) is 0. The lowest BCUT2D eigenvalue weighted by Crippen LogP contribution is -2.49. The van der Waals surface area contributed by atoms with Crippen molar-refractivity contribution in [1.82, 2.24) is 4.90 Å². The summed E-state index contributed by atoms with van der Waals surface area (Å²) in [6.07, 6.45) is 1.84. The molecule has 4 heteroatoms. The van der Waals surface area contributed by atoms with E-state index in [0.29, 0.717) is 6.42 Å². The summed E-state index contributed by atoms with van der Waals surface area (Å²) in [6.45, 7) is 7.23. The van der Waals surface area contributed by atoms with Gasteiger partial charge < -0.3 is 5.11 Å². The molecule has 1 aromatic rings. The maximum Gasteiger partial charge on any atom is 0.164 e. The smallest absolute Gasteiger partial charge is 0.164 e. The van der Waals surface area contributed by atoms with Gasteiger partial charge in [0.2, 0.25) is 0 Å². The summed E-state index contributed by atoms with van der Waals surface area (Å²) in [5.74, 6) is -1.78. The van der Waals surface area contributed by atoms with Crippen molar-refractivity contribution in [2.75, 3.05) is 13.1 Å². The minimum Gasteiger partial charge on any atom is -0.386 e. The van der Waals surface area contributed by atoms with Crippen LogP contribution in [0.4, 0.5) is 8.78 Å². The number of aliphatic hydroxyl groups excluding tert-OH is 1. The molecule has 0 aliphatic carbocycles. The fraction of sp³-hybridized carbons (Fsp3) is 0.625. The van der Waals surface area contributed by atoms with Crippen molar-refractivity contribution in [3.05, 3.63) is 34.9 Å². The van der Waals surface area contributed by atoms with Crippen molar-refractivity contribution >= 4 is 0 Å². The number of hydrogen-bond donors (Lipinski definition) is 1. The van der Waals surface area contributed by atoms with Crippen LogP contribution in [0.2, 0.25) is 0 Å². The molecule has 0 radical (unpaired) electrons. The van der Waals surface area contributed by atoms with Crippen LogP contribution in [0.5, 0.6) is 0 Å². The molecule has 112 valence electrons. The molecule has 2 atom stereocenters. The molecule has 1 N–H and O–H groups in total. The van der Waals surface area contributed by atoms with Gasteiger partial charge in [0.05, 0.1) is 6.10 Å². The van der Waals surface area contributed by atoms with Gasteiger partial charge in [-0.05, 0) is 51.8 Å². The second kappa shape index (κ2) is 5.78. The minimum atomic E-state index is -1.03. The first-order chi connectivity index (χ1) is 9.41. The Morgan fingerprint density at radius 2 is 1.85 bits per heavy atom. The summed E-state index contributed by atoms with van der Waals surface area (Å²) in [5.41, 5.74) is -0.235. The highest BCUT2D eigenvalue weighted by atomic mass is 19.2. The number of likely N-dealkylation sites (tertiary alicyclic amines) is 1. The Morgan fingerprint density at radius 1 is 1.25 bits per heavy atom. The molecule has 0 aromatic heterocycles. The first-order valence-electron chi connectivity index (χ1n) is 7.29. The Kier molecular flexibility index (Phi) is 4.45. The lowest BCUT2D eigenvalue weighted by molar-refractivity contribution is -0.0161. The molecule has 1 fully saturated rings. The molecule has 1 aliphatic heterocycles. The van der Waals surface area contributed by atoms with Gasteiger partial charge in [0.15, 0.2) is 11.6 Å². The number of nitrogens with zero attached hydrogens (tertiary/aromatic N) is 1. The van der Waals surface area contributed by atoms with Gasteiger partial charge in [0.25, 0.3) is 0 Å². The summed E-state index contributed by atoms with van der Waals surface area (Å²) in [4.78, 5) is 2.19. The van der Waals surface area contributed by atoms with Crippen molar-refractivity contribution in [2.24, 2.45) is 0 Å². The standard InChI is InChI=1S/C16H23F2NO/c1-4-16(3,19-9-5-6-10-19)15(20)12-8-7-11(2)13(17)14(12)18/h7-8,15,20H,4-6,9-10H2,1-3H3. The first-order valence-corrected chi connectivity index (χ1v) is 7.29. The number of hydrogen-bond acceptors (Lipinski definition) is 2. The Balaban J connectivity index is 2.38. The van der Waals surface area contributed by atoms with E-state index in [1.165, 1.54) is 19.1 Å². The van der Waals surface area contributed by atoms with E-state index in [2.05, 4.69) is 4.90 Å². The zero-order valence-electron chi connectivity index (χ0n) is 12.4. The van der Waals surface area contributed by atoms with Crippen molar-refractivity contribution in [3.63, 3.8) is 0 Å². The van der Waals surface area contributed by atoms with Gasteiger partial charge in [-0.1, -0.05) is 19.1 Å². The van der Waals surface area contributed by atoms with E-state index < -0.39 is 23.3 Å². The van der Waals surface area contributed by atoms with Crippen molar-refractivity contribution in [1.29, 1.82) is 0 Å². The zero-order chi connectivity index (χ0) is 14.9. The van der Waals surface area contributed by atoms with Gasteiger partial charge in [-0.25, -0.2) is 8.78 Å². The largest absolute Gasteiger partial charge is 0.386 e. The van der Waals surface area contributed by atoms with Gasteiger partial charge in [-0.15, -0.1) is 0 Å². The van der Waals surface area contributed by atoms with Gasteiger partial charge in [0, 0.05) is 11.1 Å². The van der Waals surface area contributed by atoms with E-state index in [-0.39, 0.29) is 11.1 Å². The molecule has 0 saturated carbocycles. The molecule has 0 spiro atoms. The highest BCUT2D eigenvalue weighted by Gasteiger charge is 2.40. The molecule has 2 rings (SSSR count). The fourth-order valence-electron chi connectivity index (χ4n) is 3.02. The van der Waals surface area contributed by atoms with E-state index in [0.717, 1.165) is 25.9 Å². The molecule has 1 aromatic carbocycles. The molecular formula is C16H23F2NO. The Hall–Kier alpha value is -1.00. The number of benzene rings is 1. The second-order valence-corrected chi connectivity index (χ2v) is 5.91. The molecule has 2 nitrogen and oxygen atoms in total. The van der Waals surface area contributed by atoms with Crippen LogP contribution in [-0.4, -0.2) is 28.6 Å². The van der Waals surface area contributed by atoms with Gasteiger partial charge in [-0.3, -0.25) is 4.90 Å². The topological polar surface area (TPSA) is 23.5 Å². The summed E-state index contributed by atoms with van der Waals surface area (Å²) >= 11 is 0. The summed E-state index contributed by atoms with van der Waals surface area (Å²) < 4.78 is 27.8. The Labute approximate surface area is 119 Å². The van der Waals surface area contributed by atoms with Crippen LogP contribution in [-0.2, 0) is 0 Å². The highest BCUT2D eigenvalue weighted by molar-refractivity contribution is 5.29. The highest BCUT2D eigenvalue weighted by Crippen LogP contribution is 2.37. The van der Waals surface area contributed by atoms with Gasteiger partial charge in [0.1, 0.15) is 0 Å². The van der Waals surface area contributed by atoms with Gasteiger partial charge in [-0.2, -0.15) is 0 Å². The molecular weight excluding hydrogens is 260 g/mol. The van der Waals surface area contributed by atoms with Crippen LogP contribution in [0.25, 0.3) is 0 Å². The molecule has 0 amide bonds. The number of aliphatic hydroxyl groups is 1. The summed E-state index contributed by atoms with van der Waals surface area (Å²) in [6, 6.07) is 3.03. The van der Waals surface area contributed by atoms with Crippen LogP contribution >= 0.6 is 0 Å². The quantitative estimate of drug-likeness (QED) is 0.913. The fourth-order valence-corrected chi connectivity index (χ4v) is 3.02. The number of halogens is 2. The van der Waals surface area contributed by atoms with Crippen molar-refractivity contribution < 1.29 is 13.9 Å². The molecule has 1 saturated heterocycles. The van der Waals surface area contributed by atoms with Crippen LogP contribution < -0.4 is 0 Å². The maximum absolute atomic E-state index is 14.1. The predicted molar refractivity (Wildman–Crippen MR) is 75.6 cm³/mol. The third kappa shape index (κ3) is 2.47. The zero-order valence-corrected chi connectivity index (χ0v) is 12.4. The lowest BCUT2D eigenvalue weighted by Gasteiger charge is -2.42. The van der Waals surface area contributed by atoms with E-state index in [9.17, 15) is 13.9 Å². The molecule has 2 unspecified atom stereocenters. The second-order valence-electron chi connectivity index (χ2n) is 5.91. The number of rotatable bonds is 4. The average molecular weight is 283 g/mol. The van der Waals surface area contributed by atoms with Crippen LogP contribution in [0.1, 0.15) is 50.3 Å². The summed E-state index contributed by atoms with van der Waals surface area (Å²) in [5, 5.41) is 10.6. The minimum absolute atomic E-state index is 0.0596. The van der Waals surface area contributed by atoms with Crippen molar-refractivity contribution in [3.8, 4) is 0 Å². The molecule has 1 aliphatic rings. The van der Waals surface area contributed by atoms with Crippen LogP contribution in [0.15, 0.2) is 12.1 Å². The Morgan fingerprint density at radius 3 is 2.40 bits per heavy atom. The maximum atomic E-state index is 14.1. The average Bonchev–Trinajstić information content (AvgIpc) is 2.98. The monoisotopic (exact) mass is 283 g/mol. The Bertz CT molecular complexity index is 486. The van der Waals surface area contributed by atoms with E-state index >= 15 is 0 Å². The van der Waals surface area contributed by atoms with E-state index in [1.54, 1.807) is 0 Å². The number of aryl methyl sites for hydroxylation is 1. The van der Waals surface area contributed by atoms with Gasteiger partial charge >= 0.3 is 0 Å². The first kappa shape index (κ1) is 15.4. The van der Waals surface area contributed by atoms with E-state index in [4.69, 9.17) is 0 Å². The van der Waals surface area contributed by atoms with Crippen LogP contribution in [0, 0.1) is 18.6 Å². The third-order valence-corrected chi connectivity index (χ3v) is 4.73. The third-order valence-electron chi connectivity index (χ3n) is 4.73. The van der Waals surface area contributed by atoms with Crippen LogP contribution in [0.3, 0.4) is 0 Å².